The molecule has 3 rings (SSSR count). The Morgan fingerprint density at radius 3 is 2.76 bits per heavy atom. The smallest absolute Gasteiger partial charge is 0.233 e. The summed E-state index contributed by atoms with van der Waals surface area (Å²) >= 11 is 0. The summed E-state index contributed by atoms with van der Waals surface area (Å²) in [5.41, 5.74) is 0.273. The topological polar surface area (TPSA) is 40.5 Å². The number of rotatable bonds is 3. The lowest BCUT2D eigenvalue weighted by atomic mass is 9.63. The van der Waals surface area contributed by atoms with Crippen LogP contribution >= 0.6 is 0 Å². The summed E-state index contributed by atoms with van der Waals surface area (Å²) < 4.78 is 13.5. The minimum Gasteiger partial charge on any atom is -0.393 e. The molecule has 1 amide bonds. The molecule has 1 heterocycles. The van der Waals surface area contributed by atoms with Gasteiger partial charge in [0.2, 0.25) is 5.91 Å². The van der Waals surface area contributed by atoms with E-state index in [0.29, 0.717) is 13.1 Å². The second kappa shape index (κ2) is 5.41. The summed E-state index contributed by atoms with van der Waals surface area (Å²) in [6.45, 7) is 3.10. The van der Waals surface area contributed by atoms with E-state index in [0.717, 1.165) is 31.2 Å². The molecule has 3 nitrogen and oxygen atoms in total. The van der Waals surface area contributed by atoms with Gasteiger partial charge in [-0.2, -0.15) is 0 Å². The second-order valence-electron chi connectivity index (χ2n) is 6.49. The van der Waals surface area contributed by atoms with Crippen LogP contribution in [0.4, 0.5) is 4.39 Å². The second-order valence-corrected chi connectivity index (χ2v) is 6.49. The third kappa shape index (κ3) is 2.46. The Hall–Kier alpha value is -1.42. The molecule has 21 heavy (non-hydrogen) atoms. The van der Waals surface area contributed by atoms with Crippen LogP contribution < -0.4 is 0 Å². The maximum atomic E-state index is 13.5. The number of halogens is 1. The van der Waals surface area contributed by atoms with E-state index in [1.807, 2.05) is 11.0 Å². The third-order valence-electron chi connectivity index (χ3n) is 5.19. The van der Waals surface area contributed by atoms with Crippen molar-refractivity contribution in [3.63, 3.8) is 0 Å². The fourth-order valence-corrected chi connectivity index (χ4v) is 3.61. The number of amides is 1. The van der Waals surface area contributed by atoms with Gasteiger partial charge < -0.3 is 10.0 Å². The number of hydrogen-bond acceptors (Lipinski definition) is 2. The first-order valence-corrected chi connectivity index (χ1v) is 7.76. The van der Waals surface area contributed by atoms with Gasteiger partial charge in [0.15, 0.2) is 0 Å². The standard InChI is InChI=1S/C17H22FNO2/c1-12(20)13-6-9-19(11-13)16(21)17(7-3-8-17)14-4-2-5-15(18)10-14/h2,4-5,10,12-13,20H,3,6-9,11H2,1H3. The number of carbonyl (C=O) groups is 1. The Balaban J connectivity index is 1.82. The molecular weight excluding hydrogens is 269 g/mol. The predicted octanol–water partition coefficient (Wildman–Crippen LogP) is 2.48. The molecule has 114 valence electrons. The van der Waals surface area contributed by atoms with Gasteiger partial charge in [-0.05, 0) is 43.9 Å². The van der Waals surface area contributed by atoms with Gasteiger partial charge in [0.25, 0.3) is 0 Å². The van der Waals surface area contributed by atoms with Crippen LogP contribution in [-0.2, 0) is 10.2 Å². The molecule has 2 atom stereocenters. The normalized spacial score (nSPS) is 25.5. The molecule has 1 saturated heterocycles. The predicted molar refractivity (Wildman–Crippen MR) is 78.3 cm³/mol. The van der Waals surface area contributed by atoms with E-state index in [2.05, 4.69) is 0 Å². The van der Waals surface area contributed by atoms with Crippen LogP contribution in [0, 0.1) is 11.7 Å². The van der Waals surface area contributed by atoms with Gasteiger partial charge >= 0.3 is 0 Å². The SMILES string of the molecule is CC(O)C1CCN(C(=O)C2(c3cccc(F)c3)CCC2)C1. The quantitative estimate of drug-likeness (QED) is 0.929. The van der Waals surface area contributed by atoms with Crippen molar-refractivity contribution in [2.75, 3.05) is 13.1 Å². The van der Waals surface area contributed by atoms with E-state index >= 15 is 0 Å². The summed E-state index contributed by atoms with van der Waals surface area (Å²) in [5.74, 6) is -0.00376. The van der Waals surface area contributed by atoms with Crippen molar-refractivity contribution in [3.8, 4) is 0 Å². The summed E-state index contributed by atoms with van der Waals surface area (Å²) in [6.07, 6.45) is 3.07. The minimum atomic E-state index is -0.532. The van der Waals surface area contributed by atoms with E-state index in [4.69, 9.17) is 0 Å². The summed E-state index contributed by atoms with van der Waals surface area (Å²) in [5, 5.41) is 9.69. The fraction of sp³-hybridized carbons (Fsp3) is 0.588. The van der Waals surface area contributed by atoms with Crippen molar-refractivity contribution >= 4 is 5.91 Å². The minimum absolute atomic E-state index is 0.113. The van der Waals surface area contributed by atoms with Crippen molar-refractivity contribution in [2.24, 2.45) is 5.92 Å². The van der Waals surface area contributed by atoms with E-state index in [-0.39, 0.29) is 23.7 Å². The Kier molecular flexibility index (Phi) is 3.74. The molecule has 1 aliphatic carbocycles. The first-order chi connectivity index (χ1) is 10.0. The van der Waals surface area contributed by atoms with Gasteiger partial charge in [0, 0.05) is 19.0 Å². The van der Waals surface area contributed by atoms with E-state index in [9.17, 15) is 14.3 Å². The largest absolute Gasteiger partial charge is 0.393 e. The number of aliphatic hydroxyl groups is 1. The average molecular weight is 291 g/mol. The first-order valence-electron chi connectivity index (χ1n) is 7.76. The molecule has 0 aromatic heterocycles. The van der Waals surface area contributed by atoms with Gasteiger partial charge in [0.1, 0.15) is 5.82 Å². The summed E-state index contributed by atoms with van der Waals surface area (Å²) in [4.78, 5) is 14.8. The lowest BCUT2D eigenvalue weighted by molar-refractivity contribution is -0.140. The van der Waals surface area contributed by atoms with Crippen LogP contribution in [0.15, 0.2) is 24.3 Å². The highest BCUT2D eigenvalue weighted by molar-refractivity contribution is 5.89. The Labute approximate surface area is 124 Å². The van der Waals surface area contributed by atoms with E-state index < -0.39 is 5.41 Å². The zero-order chi connectivity index (χ0) is 15.0. The monoisotopic (exact) mass is 291 g/mol. The highest BCUT2D eigenvalue weighted by Gasteiger charge is 2.49. The van der Waals surface area contributed by atoms with Crippen LogP contribution in [0.1, 0.15) is 38.2 Å². The van der Waals surface area contributed by atoms with Crippen LogP contribution in [0.5, 0.6) is 0 Å². The number of aliphatic hydroxyl groups excluding tert-OH is 1. The molecule has 2 unspecified atom stereocenters. The van der Waals surface area contributed by atoms with Gasteiger partial charge in [-0.25, -0.2) is 4.39 Å². The lowest BCUT2D eigenvalue weighted by Crippen LogP contribution is -2.50. The first kappa shape index (κ1) is 14.5. The van der Waals surface area contributed by atoms with Crippen molar-refractivity contribution in [1.82, 2.24) is 4.90 Å². The van der Waals surface area contributed by atoms with Crippen LogP contribution in [0.3, 0.4) is 0 Å². The molecule has 0 bridgehead atoms. The molecule has 4 heteroatoms. The van der Waals surface area contributed by atoms with Crippen molar-refractivity contribution in [2.45, 2.75) is 44.1 Å². The molecule has 1 N–H and O–H groups in total. The Morgan fingerprint density at radius 1 is 1.48 bits per heavy atom. The number of hydrogen-bond donors (Lipinski definition) is 1. The van der Waals surface area contributed by atoms with E-state index in [1.165, 1.54) is 12.1 Å². The molecule has 0 spiro atoms. The molecule has 0 radical (unpaired) electrons. The van der Waals surface area contributed by atoms with E-state index in [1.54, 1.807) is 13.0 Å². The van der Waals surface area contributed by atoms with Crippen LogP contribution in [-0.4, -0.2) is 35.1 Å². The molecule has 1 aromatic rings. The number of nitrogens with zero attached hydrogens (tertiary/aromatic N) is 1. The Morgan fingerprint density at radius 2 is 2.24 bits per heavy atom. The molecule has 1 aliphatic heterocycles. The number of carbonyl (C=O) groups excluding carboxylic acids is 1. The van der Waals surface area contributed by atoms with Crippen molar-refractivity contribution in [1.29, 1.82) is 0 Å². The molecule has 1 aromatic carbocycles. The van der Waals surface area contributed by atoms with Crippen LogP contribution in [0.25, 0.3) is 0 Å². The summed E-state index contributed by atoms with van der Waals surface area (Å²) in [6, 6.07) is 6.46. The fourth-order valence-electron chi connectivity index (χ4n) is 3.61. The maximum absolute atomic E-state index is 13.5. The lowest BCUT2D eigenvalue weighted by Gasteiger charge is -2.43. The third-order valence-corrected chi connectivity index (χ3v) is 5.19. The van der Waals surface area contributed by atoms with Gasteiger partial charge in [0.05, 0.1) is 11.5 Å². The highest BCUT2D eigenvalue weighted by Crippen LogP contribution is 2.46. The zero-order valence-corrected chi connectivity index (χ0v) is 12.4. The molecular formula is C17H22FNO2. The zero-order valence-electron chi connectivity index (χ0n) is 12.4. The van der Waals surface area contributed by atoms with Crippen LogP contribution in [0.2, 0.25) is 0 Å². The average Bonchev–Trinajstić information content (AvgIpc) is 2.87. The maximum Gasteiger partial charge on any atom is 0.233 e. The Bertz CT molecular complexity index is 539. The summed E-state index contributed by atoms with van der Waals surface area (Å²) in [7, 11) is 0. The molecule has 2 aliphatic rings. The number of benzene rings is 1. The van der Waals surface area contributed by atoms with Crippen molar-refractivity contribution in [3.05, 3.63) is 35.6 Å². The number of likely N-dealkylation sites (tertiary alicyclic amines) is 1. The van der Waals surface area contributed by atoms with Gasteiger partial charge in [-0.1, -0.05) is 18.6 Å². The molecule has 2 fully saturated rings. The van der Waals surface area contributed by atoms with Gasteiger partial charge in [-0.15, -0.1) is 0 Å². The van der Waals surface area contributed by atoms with Crippen molar-refractivity contribution < 1.29 is 14.3 Å². The van der Waals surface area contributed by atoms with Gasteiger partial charge in [-0.3, -0.25) is 4.79 Å². The molecule has 1 saturated carbocycles. The highest BCUT2D eigenvalue weighted by atomic mass is 19.1.